The van der Waals surface area contributed by atoms with Gasteiger partial charge in [0, 0.05) is 31.2 Å². The molecule has 0 radical (unpaired) electrons. The van der Waals surface area contributed by atoms with E-state index in [0.717, 1.165) is 11.3 Å². The molecule has 1 fully saturated rings. The Morgan fingerprint density at radius 3 is 2.19 bits per heavy atom. The molecular weight excluding hydrogens is 404 g/mol. The van der Waals surface area contributed by atoms with Crippen LogP contribution in [0.1, 0.15) is 18.4 Å². The minimum Gasteiger partial charge on any atom is -0.455 e. The first-order valence-electron chi connectivity index (χ1n) is 10.8. The number of nitrogens with zero attached hydrogens (tertiary/aromatic N) is 4. The average molecular weight is 431 g/mol. The number of rotatable bonds is 7. The van der Waals surface area contributed by atoms with E-state index in [-0.39, 0.29) is 24.4 Å². The number of carbonyl (C=O) groups is 2. The van der Waals surface area contributed by atoms with E-state index in [9.17, 15) is 9.59 Å². The molecule has 1 aromatic heterocycles. The van der Waals surface area contributed by atoms with Crippen LogP contribution in [0.4, 0.5) is 11.6 Å². The van der Waals surface area contributed by atoms with Crippen molar-refractivity contribution >= 4 is 23.5 Å². The lowest BCUT2D eigenvalue weighted by Gasteiger charge is -2.30. The van der Waals surface area contributed by atoms with E-state index < -0.39 is 0 Å². The van der Waals surface area contributed by atoms with Gasteiger partial charge in [0.25, 0.3) is 5.91 Å². The maximum atomic E-state index is 13.0. The van der Waals surface area contributed by atoms with Crippen LogP contribution in [0.2, 0.25) is 0 Å². The fraction of sp³-hybridized carbons (Fsp3) is 0.280. The molecule has 0 unspecified atom stereocenters. The number of carbonyl (C=O) groups excluding carboxylic acids is 2. The second kappa shape index (κ2) is 10.5. The molecule has 1 aliphatic rings. The van der Waals surface area contributed by atoms with Gasteiger partial charge in [-0.2, -0.15) is 0 Å². The Balaban J connectivity index is 1.33. The fourth-order valence-corrected chi connectivity index (χ4v) is 3.80. The van der Waals surface area contributed by atoms with Gasteiger partial charge in [0.15, 0.2) is 6.61 Å². The van der Waals surface area contributed by atoms with Crippen LogP contribution in [0.5, 0.6) is 0 Å². The molecule has 1 saturated heterocycles. The van der Waals surface area contributed by atoms with E-state index in [0.29, 0.717) is 38.4 Å². The van der Waals surface area contributed by atoms with Crippen molar-refractivity contribution in [2.24, 2.45) is 5.92 Å². The molecule has 1 aliphatic heterocycles. The van der Waals surface area contributed by atoms with Crippen LogP contribution in [0, 0.1) is 5.92 Å². The first kappa shape index (κ1) is 21.5. The molecular formula is C25H26N4O3. The number of benzene rings is 2. The summed E-state index contributed by atoms with van der Waals surface area (Å²) in [5, 5.41) is 0. The molecule has 2 aromatic carbocycles. The van der Waals surface area contributed by atoms with E-state index in [2.05, 4.69) is 14.9 Å². The number of aromatic nitrogens is 2. The smallest absolute Gasteiger partial charge is 0.309 e. The van der Waals surface area contributed by atoms with Crippen molar-refractivity contribution < 1.29 is 14.3 Å². The zero-order valence-electron chi connectivity index (χ0n) is 17.8. The predicted molar refractivity (Wildman–Crippen MR) is 122 cm³/mol. The van der Waals surface area contributed by atoms with Crippen LogP contribution in [0.3, 0.4) is 0 Å². The number of amides is 1. The average Bonchev–Trinajstić information content (AvgIpc) is 2.87. The molecule has 0 aliphatic carbocycles. The molecule has 3 aromatic rings. The third kappa shape index (κ3) is 5.49. The largest absolute Gasteiger partial charge is 0.455 e. The molecule has 1 amide bonds. The van der Waals surface area contributed by atoms with E-state index in [1.165, 1.54) is 0 Å². The third-order valence-electron chi connectivity index (χ3n) is 5.55. The number of hydrogen-bond acceptors (Lipinski definition) is 6. The first-order chi connectivity index (χ1) is 15.7. The Labute approximate surface area is 187 Å². The molecule has 7 nitrogen and oxygen atoms in total. The fourth-order valence-electron chi connectivity index (χ4n) is 3.80. The minimum atomic E-state index is -0.320. The molecule has 7 heteroatoms. The molecule has 0 atom stereocenters. The van der Waals surface area contributed by atoms with E-state index in [4.69, 9.17) is 4.74 Å². The van der Waals surface area contributed by atoms with Gasteiger partial charge in [0.2, 0.25) is 5.95 Å². The summed E-state index contributed by atoms with van der Waals surface area (Å²) in [6.07, 6.45) is 4.72. The van der Waals surface area contributed by atoms with Gasteiger partial charge in [-0.25, -0.2) is 9.97 Å². The molecule has 32 heavy (non-hydrogen) atoms. The SMILES string of the molecule is O=C(OCC(=O)N(Cc1ccccc1)c1ccccc1)C1CCN(c2ncccn2)CC1. The first-order valence-corrected chi connectivity index (χ1v) is 10.8. The van der Waals surface area contributed by atoms with Crippen LogP contribution in [-0.4, -0.2) is 41.5 Å². The summed E-state index contributed by atoms with van der Waals surface area (Å²) in [4.78, 5) is 37.9. The van der Waals surface area contributed by atoms with Crippen molar-refractivity contribution in [3.05, 3.63) is 84.7 Å². The van der Waals surface area contributed by atoms with Crippen molar-refractivity contribution in [3.8, 4) is 0 Å². The van der Waals surface area contributed by atoms with Crippen molar-refractivity contribution in [2.45, 2.75) is 19.4 Å². The number of piperidine rings is 1. The van der Waals surface area contributed by atoms with Gasteiger partial charge in [-0.15, -0.1) is 0 Å². The van der Waals surface area contributed by atoms with Crippen LogP contribution in [0.15, 0.2) is 79.1 Å². The summed E-state index contributed by atoms with van der Waals surface area (Å²) in [6.45, 7) is 1.50. The number of ether oxygens (including phenoxy) is 1. The van der Waals surface area contributed by atoms with Gasteiger partial charge in [-0.05, 0) is 36.6 Å². The van der Waals surface area contributed by atoms with Gasteiger partial charge >= 0.3 is 5.97 Å². The molecule has 0 spiro atoms. The van der Waals surface area contributed by atoms with Crippen LogP contribution in [0.25, 0.3) is 0 Å². The van der Waals surface area contributed by atoms with Gasteiger partial charge in [-0.1, -0.05) is 48.5 Å². The lowest BCUT2D eigenvalue weighted by Crippen LogP contribution is -2.39. The topological polar surface area (TPSA) is 75.6 Å². The Hall–Kier alpha value is -3.74. The summed E-state index contributed by atoms with van der Waals surface area (Å²) >= 11 is 0. The van der Waals surface area contributed by atoms with Crippen molar-refractivity contribution in [2.75, 3.05) is 29.5 Å². The highest BCUT2D eigenvalue weighted by Gasteiger charge is 2.28. The van der Waals surface area contributed by atoms with Gasteiger partial charge in [0.05, 0.1) is 12.5 Å². The summed E-state index contributed by atoms with van der Waals surface area (Å²) < 4.78 is 5.44. The molecule has 0 saturated carbocycles. The zero-order chi connectivity index (χ0) is 22.2. The van der Waals surface area contributed by atoms with Gasteiger partial charge < -0.3 is 14.5 Å². The predicted octanol–water partition coefficient (Wildman–Crippen LogP) is 3.47. The second-order valence-corrected chi connectivity index (χ2v) is 7.72. The van der Waals surface area contributed by atoms with Crippen molar-refractivity contribution in [3.63, 3.8) is 0 Å². The highest BCUT2D eigenvalue weighted by Crippen LogP contribution is 2.22. The summed E-state index contributed by atoms with van der Waals surface area (Å²) in [5.74, 6) is -0.112. The standard InChI is InChI=1S/C25H26N4O3/c30-23(29(22-10-5-2-6-11-22)18-20-8-3-1-4-9-20)19-32-24(31)21-12-16-28(17-13-21)25-26-14-7-15-27-25/h1-11,14-15,21H,12-13,16-19H2. The maximum Gasteiger partial charge on any atom is 0.309 e. The van der Waals surface area contributed by atoms with Crippen molar-refractivity contribution in [1.82, 2.24) is 9.97 Å². The monoisotopic (exact) mass is 430 g/mol. The number of hydrogen-bond donors (Lipinski definition) is 0. The van der Waals surface area contributed by atoms with Crippen LogP contribution in [-0.2, 0) is 20.9 Å². The molecule has 4 rings (SSSR count). The molecule has 0 bridgehead atoms. The Bertz CT molecular complexity index is 1010. The van der Waals surface area contributed by atoms with E-state index in [1.54, 1.807) is 23.4 Å². The zero-order valence-corrected chi connectivity index (χ0v) is 17.8. The third-order valence-corrected chi connectivity index (χ3v) is 5.55. The highest BCUT2D eigenvalue weighted by atomic mass is 16.5. The van der Waals surface area contributed by atoms with Gasteiger partial charge in [0.1, 0.15) is 0 Å². The van der Waals surface area contributed by atoms with Crippen LogP contribution < -0.4 is 9.80 Å². The minimum absolute atomic E-state index is 0.220. The molecule has 164 valence electrons. The van der Waals surface area contributed by atoms with E-state index in [1.807, 2.05) is 60.7 Å². The Kier molecular flexibility index (Phi) is 7.07. The molecule has 2 heterocycles. The highest BCUT2D eigenvalue weighted by molar-refractivity contribution is 5.95. The number of esters is 1. The van der Waals surface area contributed by atoms with Crippen LogP contribution >= 0.6 is 0 Å². The summed E-state index contributed by atoms with van der Waals surface area (Å²) in [6, 6.07) is 21.0. The lowest BCUT2D eigenvalue weighted by atomic mass is 9.97. The summed E-state index contributed by atoms with van der Waals surface area (Å²) in [5.41, 5.74) is 1.78. The van der Waals surface area contributed by atoms with Gasteiger partial charge in [-0.3, -0.25) is 9.59 Å². The number of para-hydroxylation sites is 1. The number of anilines is 2. The molecule has 0 N–H and O–H groups in total. The lowest BCUT2D eigenvalue weighted by molar-refractivity contribution is -0.152. The quantitative estimate of drug-likeness (QED) is 0.535. The van der Waals surface area contributed by atoms with E-state index >= 15 is 0 Å². The Morgan fingerprint density at radius 2 is 1.53 bits per heavy atom. The maximum absolute atomic E-state index is 13.0. The normalized spacial score (nSPS) is 14.1. The summed E-state index contributed by atoms with van der Waals surface area (Å²) in [7, 11) is 0. The van der Waals surface area contributed by atoms with Crippen molar-refractivity contribution in [1.29, 1.82) is 0 Å². The second-order valence-electron chi connectivity index (χ2n) is 7.72. The Morgan fingerprint density at radius 1 is 0.906 bits per heavy atom.